The number of esters is 1. The van der Waals surface area contributed by atoms with E-state index >= 15 is 0 Å². The molecule has 1 fully saturated rings. The summed E-state index contributed by atoms with van der Waals surface area (Å²) in [6.45, 7) is 7.56. The van der Waals surface area contributed by atoms with Crippen LogP contribution in [-0.2, 0) is 25.7 Å². The third-order valence-electron chi connectivity index (χ3n) is 7.40. The molecule has 1 saturated heterocycles. The van der Waals surface area contributed by atoms with Crippen molar-refractivity contribution in [3.8, 4) is 0 Å². The number of unbranched alkanes of at least 4 members (excludes halogenated alkanes) is 5. The number of rotatable bonds is 12. The van der Waals surface area contributed by atoms with Crippen LogP contribution in [0, 0.1) is 16.7 Å². The molecule has 0 radical (unpaired) electrons. The number of piperidine rings is 1. The Morgan fingerprint density at radius 3 is 2.63 bits per heavy atom. The molecule has 0 spiro atoms. The molecule has 0 bridgehead atoms. The monoisotopic (exact) mass is 502 g/mol. The quantitative estimate of drug-likeness (QED) is 0.288. The molecule has 2 heterocycles. The van der Waals surface area contributed by atoms with Crippen LogP contribution in [0.4, 0.5) is 0 Å². The lowest BCUT2D eigenvalue weighted by molar-refractivity contribution is -0.162. The van der Waals surface area contributed by atoms with E-state index in [2.05, 4.69) is 32.2 Å². The van der Waals surface area contributed by atoms with Crippen LogP contribution < -0.4 is 5.32 Å². The van der Waals surface area contributed by atoms with Gasteiger partial charge in [-0.05, 0) is 42.5 Å². The number of allylic oxidation sites excluding steroid dienone is 1. The third-order valence-corrected chi connectivity index (χ3v) is 8.28. The standard InChI is InChI=1S/C28H42N2O4S/c1-5-6-7-8-9-10-15-30-23-13-14-27(2,3)20-28(23,26(33)34-4)18-21(25(30)32)17-24(31)29-19-22-12-11-16-35-22/h11-13,16,21H,5-10,14-15,17-20H2,1-4H3,(H,29,31)/t21-,28-/m1/s1. The molecule has 6 nitrogen and oxygen atoms in total. The topological polar surface area (TPSA) is 75.7 Å². The highest BCUT2D eigenvalue weighted by Crippen LogP contribution is 2.54. The Bertz CT molecular complexity index is 908. The third kappa shape index (κ3) is 6.75. The summed E-state index contributed by atoms with van der Waals surface area (Å²) < 4.78 is 5.33. The van der Waals surface area contributed by atoms with Gasteiger partial charge >= 0.3 is 5.97 Å². The van der Waals surface area contributed by atoms with E-state index in [9.17, 15) is 14.4 Å². The lowest BCUT2D eigenvalue weighted by Gasteiger charge is -2.51. The van der Waals surface area contributed by atoms with Gasteiger partial charge in [0.1, 0.15) is 5.41 Å². The van der Waals surface area contributed by atoms with E-state index in [0.717, 1.165) is 36.3 Å². The molecular weight excluding hydrogens is 460 g/mol. The fraction of sp³-hybridized carbons (Fsp3) is 0.679. The molecule has 1 aromatic heterocycles. The van der Waals surface area contributed by atoms with Gasteiger partial charge < -0.3 is 15.0 Å². The molecule has 1 N–H and O–H groups in total. The first-order chi connectivity index (χ1) is 16.7. The molecule has 2 atom stereocenters. The molecular formula is C28H42N2O4S. The van der Waals surface area contributed by atoms with E-state index < -0.39 is 11.3 Å². The summed E-state index contributed by atoms with van der Waals surface area (Å²) in [6, 6.07) is 3.93. The van der Waals surface area contributed by atoms with E-state index in [0.29, 0.717) is 25.9 Å². The summed E-state index contributed by atoms with van der Waals surface area (Å²) in [5.74, 6) is -1.02. The predicted octanol–water partition coefficient (Wildman–Crippen LogP) is 5.83. The smallest absolute Gasteiger partial charge is 0.317 e. The van der Waals surface area contributed by atoms with E-state index in [1.807, 2.05) is 22.4 Å². The number of ether oxygens (including phenoxy) is 1. The highest BCUT2D eigenvalue weighted by atomic mass is 32.1. The van der Waals surface area contributed by atoms with Crippen molar-refractivity contribution in [2.24, 2.45) is 16.7 Å². The van der Waals surface area contributed by atoms with Crippen LogP contribution in [0.3, 0.4) is 0 Å². The fourth-order valence-electron chi connectivity index (χ4n) is 5.73. The van der Waals surface area contributed by atoms with Crippen LogP contribution in [0.25, 0.3) is 0 Å². The maximum absolute atomic E-state index is 13.7. The summed E-state index contributed by atoms with van der Waals surface area (Å²) in [5.41, 5.74) is -0.168. The number of nitrogens with zero attached hydrogens (tertiary/aromatic N) is 1. The zero-order valence-corrected chi connectivity index (χ0v) is 22.7. The normalized spacial score (nSPS) is 23.4. The van der Waals surface area contributed by atoms with Gasteiger partial charge in [0.05, 0.1) is 13.7 Å². The summed E-state index contributed by atoms with van der Waals surface area (Å²) in [7, 11) is 1.42. The second-order valence-electron chi connectivity index (χ2n) is 10.9. The van der Waals surface area contributed by atoms with Crippen molar-refractivity contribution in [2.45, 2.75) is 91.5 Å². The zero-order valence-electron chi connectivity index (χ0n) is 21.9. The Morgan fingerprint density at radius 2 is 1.94 bits per heavy atom. The van der Waals surface area contributed by atoms with Gasteiger partial charge in [-0.1, -0.05) is 65.0 Å². The molecule has 35 heavy (non-hydrogen) atoms. The number of carbonyl (C=O) groups excluding carboxylic acids is 3. The van der Waals surface area contributed by atoms with Gasteiger partial charge in [-0.15, -0.1) is 11.3 Å². The van der Waals surface area contributed by atoms with Crippen molar-refractivity contribution in [1.29, 1.82) is 0 Å². The zero-order chi connectivity index (χ0) is 25.5. The number of nitrogens with one attached hydrogen (secondary N) is 1. The minimum absolute atomic E-state index is 0.0321. The van der Waals surface area contributed by atoms with Crippen molar-refractivity contribution < 1.29 is 19.1 Å². The van der Waals surface area contributed by atoms with Gasteiger partial charge in [-0.25, -0.2) is 0 Å². The number of thiophene rings is 1. The van der Waals surface area contributed by atoms with Crippen LogP contribution in [0.15, 0.2) is 29.3 Å². The Kier molecular flexibility index (Phi) is 9.56. The highest BCUT2D eigenvalue weighted by Gasteiger charge is 2.57. The van der Waals surface area contributed by atoms with Crippen molar-refractivity contribution in [2.75, 3.05) is 13.7 Å². The van der Waals surface area contributed by atoms with Crippen molar-refractivity contribution in [3.63, 3.8) is 0 Å². The first-order valence-corrected chi connectivity index (χ1v) is 14.0. The Balaban J connectivity index is 1.80. The van der Waals surface area contributed by atoms with E-state index in [1.165, 1.54) is 26.4 Å². The lowest BCUT2D eigenvalue weighted by Crippen LogP contribution is -2.56. The maximum Gasteiger partial charge on any atom is 0.317 e. The van der Waals surface area contributed by atoms with Gasteiger partial charge in [-0.2, -0.15) is 0 Å². The molecule has 0 saturated carbocycles. The second-order valence-corrected chi connectivity index (χ2v) is 12.0. The minimum atomic E-state index is -0.884. The number of fused-ring (bicyclic) bond motifs is 1. The average Bonchev–Trinajstić information content (AvgIpc) is 3.34. The van der Waals surface area contributed by atoms with Crippen LogP contribution in [0.5, 0.6) is 0 Å². The molecule has 194 valence electrons. The van der Waals surface area contributed by atoms with Crippen LogP contribution in [-0.4, -0.2) is 36.3 Å². The Hall–Kier alpha value is -2.15. The number of hydrogen-bond donors (Lipinski definition) is 1. The van der Waals surface area contributed by atoms with E-state index in [1.54, 1.807) is 11.3 Å². The molecule has 1 aliphatic heterocycles. The summed E-state index contributed by atoms with van der Waals surface area (Å²) >= 11 is 1.59. The highest BCUT2D eigenvalue weighted by molar-refractivity contribution is 7.09. The van der Waals surface area contributed by atoms with Crippen LogP contribution in [0.2, 0.25) is 0 Å². The molecule has 2 aliphatic rings. The molecule has 1 aliphatic carbocycles. The van der Waals surface area contributed by atoms with Gasteiger partial charge in [0.25, 0.3) is 0 Å². The van der Waals surface area contributed by atoms with E-state index in [4.69, 9.17) is 4.74 Å². The van der Waals surface area contributed by atoms with Gasteiger partial charge in [-0.3, -0.25) is 14.4 Å². The number of amides is 2. The lowest BCUT2D eigenvalue weighted by atomic mass is 9.59. The molecule has 1 aromatic rings. The number of likely N-dealkylation sites (tertiary alicyclic amines) is 1. The average molecular weight is 503 g/mol. The van der Waals surface area contributed by atoms with Gasteiger partial charge in [0.15, 0.2) is 0 Å². The number of carbonyl (C=O) groups is 3. The van der Waals surface area contributed by atoms with Crippen LogP contribution >= 0.6 is 11.3 Å². The molecule has 2 amide bonds. The largest absolute Gasteiger partial charge is 0.468 e. The van der Waals surface area contributed by atoms with Crippen molar-refractivity contribution >= 4 is 29.1 Å². The predicted molar refractivity (Wildman–Crippen MR) is 140 cm³/mol. The van der Waals surface area contributed by atoms with Gasteiger partial charge in [0.2, 0.25) is 11.8 Å². The first kappa shape index (κ1) is 27.4. The molecule has 0 unspecified atom stereocenters. The van der Waals surface area contributed by atoms with E-state index in [-0.39, 0.29) is 29.6 Å². The maximum atomic E-state index is 13.7. The summed E-state index contributed by atoms with van der Waals surface area (Å²) in [4.78, 5) is 42.7. The Labute approximate surface area is 214 Å². The SMILES string of the molecule is CCCCCCCCN1C(=O)[C@H](CC(=O)NCc2cccs2)C[C@@]2(C(=O)OC)CC(C)(C)CC=C12. The Morgan fingerprint density at radius 1 is 1.20 bits per heavy atom. The molecule has 0 aromatic carbocycles. The van der Waals surface area contributed by atoms with Crippen molar-refractivity contribution in [1.82, 2.24) is 10.2 Å². The molecule has 7 heteroatoms. The van der Waals surface area contributed by atoms with Gasteiger partial charge in [0, 0.05) is 29.5 Å². The number of methoxy groups -OCH3 is 1. The second kappa shape index (κ2) is 12.2. The fourth-order valence-corrected chi connectivity index (χ4v) is 6.38. The van der Waals surface area contributed by atoms with Crippen molar-refractivity contribution in [3.05, 3.63) is 34.2 Å². The number of hydrogen-bond acceptors (Lipinski definition) is 5. The summed E-state index contributed by atoms with van der Waals surface area (Å²) in [6.07, 6.45) is 10.7. The van der Waals surface area contributed by atoms with Crippen LogP contribution in [0.1, 0.15) is 89.9 Å². The summed E-state index contributed by atoms with van der Waals surface area (Å²) in [5, 5.41) is 4.93. The minimum Gasteiger partial charge on any atom is -0.468 e. The molecule has 3 rings (SSSR count). The first-order valence-electron chi connectivity index (χ1n) is 13.1.